The number of rotatable bonds is 6. The summed E-state index contributed by atoms with van der Waals surface area (Å²) in [6.07, 6.45) is 1.67. The lowest BCUT2D eigenvalue weighted by Crippen LogP contribution is -2.07. The molecular formula is C22H18N4O4. The van der Waals surface area contributed by atoms with E-state index in [2.05, 4.69) is 16.2 Å². The van der Waals surface area contributed by atoms with Crippen molar-refractivity contribution in [2.75, 3.05) is 0 Å². The highest BCUT2D eigenvalue weighted by molar-refractivity contribution is 5.94. The van der Waals surface area contributed by atoms with Crippen LogP contribution in [0.5, 0.6) is 5.75 Å². The molecule has 0 spiro atoms. The first-order valence-electron chi connectivity index (χ1n) is 9.31. The van der Waals surface area contributed by atoms with Crippen LogP contribution in [-0.4, -0.2) is 31.9 Å². The summed E-state index contributed by atoms with van der Waals surface area (Å²) in [6, 6.07) is 14.6. The monoisotopic (exact) mass is 402 g/mol. The van der Waals surface area contributed by atoms with E-state index in [0.717, 1.165) is 16.5 Å². The van der Waals surface area contributed by atoms with E-state index in [-0.39, 0.29) is 18.5 Å². The van der Waals surface area contributed by atoms with Gasteiger partial charge in [-0.1, -0.05) is 17.3 Å². The van der Waals surface area contributed by atoms with Crippen LogP contribution in [-0.2, 0) is 11.3 Å². The smallest absolute Gasteiger partial charge is 0.323 e. The molecule has 150 valence electrons. The van der Waals surface area contributed by atoms with E-state index in [0.29, 0.717) is 22.7 Å². The number of carboxylic acids is 1. The highest BCUT2D eigenvalue weighted by atomic mass is 16.5. The van der Waals surface area contributed by atoms with Crippen LogP contribution in [0, 0.1) is 11.3 Å². The second kappa shape index (κ2) is 7.72. The molecule has 0 saturated heterocycles. The van der Waals surface area contributed by atoms with Crippen LogP contribution >= 0.6 is 0 Å². The third-order valence-corrected chi connectivity index (χ3v) is 4.50. The van der Waals surface area contributed by atoms with Gasteiger partial charge in [-0.3, -0.25) is 4.79 Å². The van der Waals surface area contributed by atoms with Crippen LogP contribution in [0.15, 0.2) is 53.2 Å². The third-order valence-electron chi connectivity index (χ3n) is 4.50. The molecule has 4 rings (SSSR count). The Labute approximate surface area is 171 Å². The summed E-state index contributed by atoms with van der Waals surface area (Å²) < 4.78 is 12.7. The maximum absolute atomic E-state index is 11.1. The van der Waals surface area contributed by atoms with Crippen LogP contribution in [0.25, 0.3) is 33.7 Å². The van der Waals surface area contributed by atoms with Gasteiger partial charge in [-0.15, -0.1) is 0 Å². The Morgan fingerprint density at radius 3 is 2.87 bits per heavy atom. The fourth-order valence-corrected chi connectivity index (χ4v) is 3.26. The molecule has 0 amide bonds. The van der Waals surface area contributed by atoms with E-state index in [1.807, 2.05) is 38.1 Å². The van der Waals surface area contributed by atoms with Gasteiger partial charge in [0, 0.05) is 28.2 Å². The average Bonchev–Trinajstić information content (AvgIpc) is 3.35. The predicted octanol–water partition coefficient (Wildman–Crippen LogP) is 4.10. The van der Waals surface area contributed by atoms with E-state index in [9.17, 15) is 10.1 Å². The number of carboxylic acid groups (broad SMARTS) is 1. The number of carbonyl (C=O) groups is 1. The van der Waals surface area contributed by atoms with E-state index < -0.39 is 5.97 Å². The van der Waals surface area contributed by atoms with Crippen molar-refractivity contribution in [3.8, 4) is 34.7 Å². The zero-order valence-electron chi connectivity index (χ0n) is 16.4. The molecule has 0 radical (unpaired) electrons. The second-order valence-corrected chi connectivity index (χ2v) is 6.99. The standard InChI is InChI=1S/C22H18N4O4/c1-13(2)29-19-7-6-14(10-15(19)11-23)22-24-21(25-30-22)17-4-3-5-18-16(17)8-9-26(18)12-20(27)28/h3-10,13H,12H2,1-2H3,(H,27,28). The van der Waals surface area contributed by atoms with Crippen molar-refractivity contribution in [1.29, 1.82) is 5.26 Å². The van der Waals surface area contributed by atoms with Crippen LogP contribution in [0.3, 0.4) is 0 Å². The first-order chi connectivity index (χ1) is 14.5. The molecule has 0 aliphatic rings. The highest BCUT2D eigenvalue weighted by Gasteiger charge is 2.16. The molecule has 0 bridgehead atoms. The number of ether oxygens (including phenoxy) is 1. The molecule has 1 N–H and O–H groups in total. The van der Waals surface area contributed by atoms with E-state index >= 15 is 0 Å². The minimum absolute atomic E-state index is 0.0492. The minimum atomic E-state index is -0.919. The largest absolute Gasteiger partial charge is 0.490 e. The Kier molecular flexibility index (Phi) is 4.94. The van der Waals surface area contributed by atoms with Gasteiger partial charge in [0.15, 0.2) is 0 Å². The molecular weight excluding hydrogens is 384 g/mol. The number of hydrogen-bond donors (Lipinski definition) is 1. The molecule has 4 aromatic rings. The molecule has 2 aromatic heterocycles. The number of hydrogen-bond acceptors (Lipinski definition) is 6. The highest BCUT2D eigenvalue weighted by Crippen LogP contribution is 2.31. The van der Waals surface area contributed by atoms with Crippen molar-refractivity contribution < 1.29 is 19.2 Å². The molecule has 0 aliphatic carbocycles. The third kappa shape index (κ3) is 3.61. The molecule has 0 saturated carbocycles. The second-order valence-electron chi connectivity index (χ2n) is 6.99. The molecule has 0 aliphatic heterocycles. The number of benzene rings is 2. The molecule has 2 heterocycles. The maximum Gasteiger partial charge on any atom is 0.323 e. The number of fused-ring (bicyclic) bond motifs is 1. The summed E-state index contributed by atoms with van der Waals surface area (Å²) in [6.45, 7) is 3.65. The Morgan fingerprint density at radius 2 is 2.13 bits per heavy atom. The van der Waals surface area contributed by atoms with E-state index in [1.165, 1.54) is 0 Å². The van der Waals surface area contributed by atoms with Crippen LogP contribution in [0.1, 0.15) is 19.4 Å². The number of nitrogens with zero attached hydrogens (tertiary/aromatic N) is 4. The Morgan fingerprint density at radius 1 is 1.30 bits per heavy atom. The Hall–Kier alpha value is -4.12. The van der Waals surface area contributed by atoms with Crippen LogP contribution in [0.4, 0.5) is 0 Å². The van der Waals surface area contributed by atoms with Gasteiger partial charge >= 0.3 is 5.97 Å². The van der Waals surface area contributed by atoms with Crippen molar-refractivity contribution in [3.05, 3.63) is 54.2 Å². The molecule has 30 heavy (non-hydrogen) atoms. The van der Waals surface area contributed by atoms with Gasteiger partial charge < -0.3 is 18.9 Å². The van der Waals surface area contributed by atoms with Gasteiger partial charge in [0.2, 0.25) is 5.82 Å². The summed E-state index contributed by atoms with van der Waals surface area (Å²) in [5.74, 6) is 0.239. The van der Waals surface area contributed by atoms with Crippen molar-refractivity contribution in [3.63, 3.8) is 0 Å². The van der Waals surface area contributed by atoms with Crippen molar-refractivity contribution >= 4 is 16.9 Å². The molecule has 8 heteroatoms. The van der Waals surface area contributed by atoms with E-state index in [4.69, 9.17) is 14.4 Å². The molecule has 2 aromatic carbocycles. The molecule has 0 atom stereocenters. The lowest BCUT2D eigenvalue weighted by molar-refractivity contribution is -0.137. The maximum atomic E-state index is 11.1. The molecule has 8 nitrogen and oxygen atoms in total. The SMILES string of the molecule is CC(C)Oc1ccc(-c2nc(-c3cccc4c3ccn4CC(=O)O)no2)cc1C#N. The van der Waals surface area contributed by atoms with Crippen LogP contribution in [0.2, 0.25) is 0 Å². The van der Waals surface area contributed by atoms with Gasteiger partial charge in [-0.25, -0.2) is 0 Å². The molecule has 0 unspecified atom stereocenters. The summed E-state index contributed by atoms with van der Waals surface area (Å²) in [5.41, 5.74) is 2.49. The summed E-state index contributed by atoms with van der Waals surface area (Å²) in [7, 11) is 0. The topological polar surface area (TPSA) is 114 Å². The predicted molar refractivity (Wildman–Crippen MR) is 109 cm³/mol. The fourth-order valence-electron chi connectivity index (χ4n) is 3.26. The number of nitriles is 1. The summed E-state index contributed by atoms with van der Waals surface area (Å²) >= 11 is 0. The first kappa shape index (κ1) is 19.2. The van der Waals surface area contributed by atoms with Crippen molar-refractivity contribution in [2.45, 2.75) is 26.5 Å². The quantitative estimate of drug-likeness (QED) is 0.516. The Balaban J connectivity index is 1.71. The van der Waals surface area contributed by atoms with Gasteiger partial charge in [-0.2, -0.15) is 10.2 Å². The first-order valence-corrected chi connectivity index (χ1v) is 9.31. The number of aromatic nitrogens is 3. The molecule has 0 fully saturated rings. The van der Waals surface area contributed by atoms with Crippen LogP contribution < -0.4 is 4.74 Å². The Bertz CT molecular complexity index is 1280. The lowest BCUT2D eigenvalue weighted by Gasteiger charge is -2.11. The lowest BCUT2D eigenvalue weighted by atomic mass is 10.1. The summed E-state index contributed by atoms with van der Waals surface area (Å²) in [4.78, 5) is 15.6. The summed E-state index contributed by atoms with van der Waals surface area (Å²) in [5, 5.41) is 23.4. The zero-order chi connectivity index (χ0) is 21.3. The fraction of sp³-hybridized carbons (Fsp3) is 0.182. The van der Waals surface area contributed by atoms with Gasteiger partial charge in [0.05, 0.1) is 11.7 Å². The van der Waals surface area contributed by atoms with Gasteiger partial charge in [0.1, 0.15) is 18.4 Å². The normalized spacial score (nSPS) is 11.0. The number of aliphatic carboxylic acids is 1. The average molecular weight is 402 g/mol. The van der Waals surface area contributed by atoms with E-state index in [1.54, 1.807) is 29.0 Å². The van der Waals surface area contributed by atoms with Crippen molar-refractivity contribution in [1.82, 2.24) is 14.7 Å². The van der Waals surface area contributed by atoms with Crippen molar-refractivity contribution in [2.24, 2.45) is 0 Å². The van der Waals surface area contributed by atoms with Gasteiger partial charge in [-0.05, 0) is 44.2 Å². The zero-order valence-corrected chi connectivity index (χ0v) is 16.4. The van der Waals surface area contributed by atoms with Gasteiger partial charge in [0.25, 0.3) is 5.89 Å². The minimum Gasteiger partial charge on any atom is -0.490 e.